The summed E-state index contributed by atoms with van der Waals surface area (Å²) in [4.78, 5) is 12.6. The molecule has 0 bridgehead atoms. The van der Waals surface area contributed by atoms with E-state index in [9.17, 15) is 9.90 Å². The third-order valence-electron chi connectivity index (χ3n) is 4.48. The lowest BCUT2D eigenvalue weighted by molar-refractivity contribution is -0.132. The summed E-state index contributed by atoms with van der Waals surface area (Å²) in [5.41, 5.74) is 0.645. The minimum Gasteiger partial charge on any atom is -0.387 e. The van der Waals surface area contributed by atoms with Crippen LogP contribution in [0.4, 0.5) is 0 Å². The Kier molecular flexibility index (Phi) is 5.40. The van der Waals surface area contributed by atoms with E-state index in [0.29, 0.717) is 12.5 Å². The zero-order valence-electron chi connectivity index (χ0n) is 13.1. The lowest BCUT2D eigenvalue weighted by Gasteiger charge is -2.30. The van der Waals surface area contributed by atoms with Gasteiger partial charge in [-0.25, -0.2) is 0 Å². The molecule has 1 amide bonds. The summed E-state index contributed by atoms with van der Waals surface area (Å²) >= 11 is 0. The second-order valence-electron chi connectivity index (χ2n) is 6.72. The number of carbonyl (C=O) groups excluding carboxylic acids is 1. The van der Waals surface area contributed by atoms with Gasteiger partial charge in [-0.15, -0.1) is 0 Å². The largest absolute Gasteiger partial charge is 0.387 e. The fourth-order valence-electron chi connectivity index (χ4n) is 3.53. The van der Waals surface area contributed by atoms with Crippen LogP contribution < -0.4 is 5.32 Å². The molecule has 0 heterocycles. The highest BCUT2D eigenvalue weighted by atomic mass is 16.3. The van der Waals surface area contributed by atoms with Gasteiger partial charge in [0.15, 0.2) is 0 Å². The molecule has 1 atom stereocenters. The van der Waals surface area contributed by atoms with E-state index in [1.807, 2.05) is 30.3 Å². The van der Waals surface area contributed by atoms with Crippen LogP contribution >= 0.6 is 0 Å². The highest BCUT2D eigenvalue weighted by Crippen LogP contribution is 2.43. The van der Waals surface area contributed by atoms with Crippen LogP contribution in [0, 0.1) is 11.3 Å². The summed E-state index contributed by atoms with van der Waals surface area (Å²) in [6.07, 6.45) is 4.56. The topological polar surface area (TPSA) is 49.3 Å². The van der Waals surface area contributed by atoms with E-state index in [-0.39, 0.29) is 11.3 Å². The zero-order valence-corrected chi connectivity index (χ0v) is 13.1. The van der Waals surface area contributed by atoms with Crippen molar-refractivity contribution in [2.24, 2.45) is 11.3 Å². The van der Waals surface area contributed by atoms with Crippen molar-refractivity contribution in [2.45, 2.75) is 52.1 Å². The Morgan fingerprint density at radius 1 is 1.24 bits per heavy atom. The smallest absolute Gasteiger partial charge is 0.226 e. The lowest BCUT2D eigenvalue weighted by Crippen LogP contribution is -2.41. The fraction of sp³-hybridized carbons (Fsp3) is 0.611. The van der Waals surface area contributed by atoms with E-state index in [2.05, 4.69) is 19.2 Å². The molecule has 1 saturated carbocycles. The first-order chi connectivity index (χ1) is 10.0. The fourth-order valence-corrected chi connectivity index (χ4v) is 3.53. The van der Waals surface area contributed by atoms with Crippen molar-refractivity contribution >= 4 is 5.91 Å². The van der Waals surface area contributed by atoms with Gasteiger partial charge in [0.25, 0.3) is 0 Å². The van der Waals surface area contributed by atoms with Crippen molar-refractivity contribution in [3.8, 4) is 0 Å². The number of aliphatic hydroxyl groups excluding tert-OH is 1. The SMILES string of the molecule is CC(C)CC1(C(=O)NCC(O)c2ccccc2)CCCC1. The average molecular weight is 289 g/mol. The summed E-state index contributed by atoms with van der Waals surface area (Å²) in [7, 11) is 0. The Bertz CT molecular complexity index is 450. The molecule has 1 aliphatic rings. The normalized spacial score (nSPS) is 18.7. The Hall–Kier alpha value is -1.35. The second kappa shape index (κ2) is 7.08. The highest BCUT2D eigenvalue weighted by Gasteiger charge is 2.41. The highest BCUT2D eigenvalue weighted by molar-refractivity contribution is 5.83. The van der Waals surface area contributed by atoms with Gasteiger partial charge in [0, 0.05) is 12.0 Å². The molecule has 0 spiro atoms. The zero-order chi connectivity index (χ0) is 15.3. The van der Waals surface area contributed by atoms with Crippen molar-refractivity contribution in [2.75, 3.05) is 6.54 Å². The van der Waals surface area contributed by atoms with Crippen LogP contribution in [-0.4, -0.2) is 17.6 Å². The van der Waals surface area contributed by atoms with E-state index in [0.717, 1.165) is 37.7 Å². The minimum atomic E-state index is -0.632. The summed E-state index contributed by atoms with van der Waals surface area (Å²) in [6.45, 7) is 4.64. The van der Waals surface area contributed by atoms with Crippen molar-refractivity contribution in [1.29, 1.82) is 0 Å². The number of aliphatic hydroxyl groups is 1. The third kappa shape index (κ3) is 4.07. The molecule has 3 heteroatoms. The summed E-state index contributed by atoms with van der Waals surface area (Å²) in [6, 6.07) is 9.49. The van der Waals surface area contributed by atoms with Crippen molar-refractivity contribution < 1.29 is 9.90 Å². The van der Waals surface area contributed by atoms with Gasteiger partial charge in [-0.05, 0) is 30.7 Å². The van der Waals surface area contributed by atoms with Crippen LogP contribution in [0.3, 0.4) is 0 Å². The van der Waals surface area contributed by atoms with Crippen LogP contribution in [0.5, 0.6) is 0 Å². The van der Waals surface area contributed by atoms with E-state index in [1.54, 1.807) is 0 Å². The molecule has 0 radical (unpaired) electrons. The van der Waals surface area contributed by atoms with E-state index < -0.39 is 6.10 Å². The number of rotatable bonds is 6. The Labute approximate surface area is 127 Å². The standard InChI is InChI=1S/C18H27NO2/c1-14(2)12-18(10-6-7-11-18)17(21)19-13-16(20)15-8-4-3-5-9-15/h3-5,8-9,14,16,20H,6-7,10-13H2,1-2H3,(H,19,21). The molecule has 0 aromatic heterocycles. The number of hydrogen-bond donors (Lipinski definition) is 2. The number of hydrogen-bond acceptors (Lipinski definition) is 2. The van der Waals surface area contributed by atoms with Crippen molar-refractivity contribution in [3.63, 3.8) is 0 Å². The number of benzene rings is 1. The van der Waals surface area contributed by atoms with E-state index >= 15 is 0 Å². The molecule has 2 rings (SSSR count). The maximum Gasteiger partial charge on any atom is 0.226 e. The van der Waals surface area contributed by atoms with Gasteiger partial charge in [-0.2, -0.15) is 0 Å². The molecule has 116 valence electrons. The van der Waals surface area contributed by atoms with E-state index in [1.165, 1.54) is 0 Å². The van der Waals surface area contributed by atoms with Gasteiger partial charge in [0.2, 0.25) is 5.91 Å². The Balaban J connectivity index is 1.93. The van der Waals surface area contributed by atoms with Crippen LogP contribution in [0.25, 0.3) is 0 Å². The molecule has 0 aliphatic heterocycles. The van der Waals surface area contributed by atoms with Gasteiger partial charge in [0.05, 0.1) is 6.10 Å². The second-order valence-corrected chi connectivity index (χ2v) is 6.72. The molecule has 3 nitrogen and oxygen atoms in total. The van der Waals surface area contributed by atoms with E-state index in [4.69, 9.17) is 0 Å². The molecule has 1 aromatic carbocycles. The molecule has 1 aromatic rings. The number of nitrogens with one attached hydrogen (secondary N) is 1. The predicted octanol–water partition coefficient (Wildman–Crippen LogP) is 3.44. The van der Waals surface area contributed by atoms with Crippen molar-refractivity contribution in [3.05, 3.63) is 35.9 Å². The molecule has 1 aliphatic carbocycles. The maximum absolute atomic E-state index is 12.6. The summed E-state index contributed by atoms with van der Waals surface area (Å²) in [5.74, 6) is 0.650. The Morgan fingerprint density at radius 3 is 2.43 bits per heavy atom. The third-order valence-corrected chi connectivity index (χ3v) is 4.48. The molecule has 21 heavy (non-hydrogen) atoms. The van der Waals surface area contributed by atoms with Gasteiger partial charge in [0.1, 0.15) is 0 Å². The summed E-state index contributed by atoms with van der Waals surface area (Å²) < 4.78 is 0. The van der Waals surface area contributed by atoms with Crippen LogP contribution in [0.2, 0.25) is 0 Å². The summed E-state index contributed by atoms with van der Waals surface area (Å²) in [5, 5.41) is 13.1. The first-order valence-corrected chi connectivity index (χ1v) is 8.05. The number of carbonyl (C=O) groups is 1. The molecule has 0 saturated heterocycles. The van der Waals surface area contributed by atoms with Crippen molar-refractivity contribution in [1.82, 2.24) is 5.32 Å². The predicted molar refractivity (Wildman–Crippen MR) is 84.8 cm³/mol. The molecular formula is C18H27NO2. The van der Waals surface area contributed by atoms with Gasteiger partial charge < -0.3 is 10.4 Å². The Morgan fingerprint density at radius 2 is 1.86 bits per heavy atom. The minimum absolute atomic E-state index is 0.128. The molecule has 1 unspecified atom stereocenters. The van der Waals surface area contributed by atoms with Gasteiger partial charge in [-0.1, -0.05) is 57.0 Å². The first-order valence-electron chi connectivity index (χ1n) is 8.05. The molecule has 2 N–H and O–H groups in total. The van der Waals surface area contributed by atoms with Gasteiger partial charge >= 0.3 is 0 Å². The maximum atomic E-state index is 12.6. The number of amides is 1. The average Bonchev–Trinajstić information content (AvgIpc) is 2.94. The quantitative estimate of drug-likeness (QED) is 0.843. The molecule has 1 fully saturated rings. The lowest BCUT2D eigenvalue weighted by atomic mass is 9.77. The van der Waals surface area contributed by atoms with Crippen LogP contribution in [0.1, 0.15) is 57.6 Å². The first kappa shape index (κ1) is 16.0. The van der Waals surface area contributed by atoms with Crippen LogP contribution in [0.15, 0.2) is 30.3 Å². The monoisotopic (exact) mass is 289 g/mol. The van der Waals surface area contributed by atoms with Crippen LogP contribution in [-0.2, 0) is 4.79 Å². The molecular weight excluding hydrogens is 262 g/mol. The van der Waals surface area contributed by atoms with Gasteiger partial charge in [-0.3, -0.25) is 4.79 Å².